The lowest BCUT2D eigenvalue weighted by atomic mass is 10.0. The summed E-state index contributed by atoms with van der Waals surface area (Å²) in [5, 5.41) is 0. The van der Waals surface area contributed by atoms with Gasteiger partial charge in [0.15, 0.2) is 0 Å². The summed E-state index contributed by atoms with van der Waals surface area (Å²) in [6, 6.07) is 7.65. The van der Waals surface area contributed by atoms with Crippen molar-refractivity contribution in [2.24, 2.45) is 0 Å². The minimum absolute atomic E-state index is 0.0444. The summed E-state index contributed by atoms with van der Waals surface area (Å²) in [7, 11) is 0. The monoisotopic (exact) mass is 305 g/mol. The van der Waals surface area contributed by atoms with E-state index in [1.54, 1.807) is 11.3 Å². The Labute approximate surface area is 111 Å². The summed E-state index contributed by atoms with van der Waals surface area (Å²) in [5.41, 5.74) is 5.35. The number of carbonyl (C=O) groups is 1. The number of hydrogen-bond acceptors (Lipinski definition) is 3. The van der Waals surface area contributed by atoms with E-state index in [0.29, 0.717) is 4.48 Å². The Morgan fingerprint density at radius 2 is 1.94 bits per heavy atom. The highest BCUT2D eigenvalue weighted by molar-refractivity contribution is 9.12. The van der Waals surface area contributed by atoms with Gasteiger partial charge in [-0.25, -0.2) is 4.98 Å². The third-order valence-corrected chi connectivity index (χ3v) is 4.36. The van der Waals surface area contributed by atoms with Crippen LogP contribution in [-0.4, -0.2) is 10.8 Å². The highest BCUT2D eigenvalue weighted by Crippen LogP contribution is 2.40. The van der Waals surface area contributed by atoms with Crippen LogP contribution in [0.5, 0.6) is 0 Å². The quantitative estimate of drug-likeness (QED) is 0.802. The molecule has 1 heterocycles. The molecule has 0 bridgehead atoms. The molecule has 0 aliphatic heterocycles. The molecular weight excluding hydrogens is 298 g/mol. The van der Waals surface area contributed by atoms with Crippen molar-refractivity contribution >= 4 is 38.6 Å². The van der Waals surface area contributed by atoms with E-state index in [0.717, 1.165) is 27.3 Å². The molecule has 1 aromatic heterocycles. The Hall–Kier alpha value is -1.26. The zero-order chi connectivity index (χ0) is 12.0. The van der Waals surface area contributed by atoms with Gasteiger partial charge in [-0.05, 0) is 28.4 Å². The van der Waals surface area contributed by atoms with Crippen LogP contribution in [0, 0.1) is 6.92 Å². The van der Waals surface area contributed by atoms with Gasteiger partial charge in [0, 0.05) is 16.0 Å². The summed E-state index contributed by atoms with van der Waals surface area (Å²) >= 11 is 4.99. The number of carbonyl (C=O) groups excluding carboxylic acids is 1. The number of halogens is 1. The second kappa shape index (κ2) is 3.89. The average molecular weight is 306 g/mol. The van der Waals surface area contributed by atoms with Gasteiger partial charge in [-0.1, -0.05) is 24.3 Å². The number of ketones is 1. The molecule has 0 spiro atoms. The number of nitrogens with zero attached hydrogens (tertiary/aromatic N) is 1. The van der Waals surface area contributed by atoms with Crippen LogP contribution in [-0.2, 0) is 0 Å². The van der Waals surface area contributed by atoms with Gasteiger partial charge in [0.25, 0.3) is 0 Å². The van der Waals surface area contributed by atoms with E-state index in [4.69, 9.17) is 0 Å². The van der Waals surface area contributed by atoms with Crippen molar-refractivity contribution in [3.05, 3.63) is 56.0 Å². The lowest BCUT2D eigenvalue weighted by Gasteiger charge is -2.02. The second-order valence-electron chi connectivity index (χ2n) is 3.82. The highest BCUT2D eigenvalue weighted by Gasteiger charge is 2.30. The summed E-state index contributed by atoms with van der Waals surface area (Å²) in [6.07, 6.45) is 0. The van der Waals surface area contributed by atoms with Gasteiger partial charge in [0.05, 0.1) is 15.7 Å². The van der Waals surface area contributed by atoms with Crippen LogP contribution in [0.25, 0.3) is 5.57 Å². The first-order valence-electron chi connectivity index (χ1n) is 5.14. The van der Waals surface area contributed by atoms with Gasteiger partial charge in [0.2, 0.25) is 5.78 Å². The zero-order valence-electron chi connectivity index (χ0n) is 9.03. The Morgan fingerprint density at radius 1 is 1.24 bits per heavy atom. The highest BCUT2D eigenvalue weighted by atomic mass is 79.9. The van der Waals surface area contributed by atoms with E-state index in [2.05, 4.69) is 20.9 Å². The number of rotatable bonds is 1. The Kier molecular flexibility index (Phi) is 2.49. The molecule has 2 nitrogen and oxygen atoms in total. The van der Waals surface area contributed by atoms with Crippen LogP contribution < -0.4 is 0 Å². The van der Waals surface area contributed by atoms with Crippen molar-refractivity contribution in [3.8, 4) is 0 Å². The first kappa shape index (κ1) is 10.9. The van der Waals surface area contributed by atoms with E-state index in [9.17, 15) is 4.79 Å². The Balaban J connectivity index is 2.30. The third kappa shape index (κ3) is 1.51. The molecular formula is C13H8BrNOS. The predicted molar refractivity (Wildman–Crippen MR) is 72.6 cm³/mol. The molecule has 1 aliphatic carbocycles. The number of Topliss-reactive ketones (excluding diaryl/α,β-unsaturated/α-hetero) is 1. The normalized spacial score (nSPS) is 14.4. The first-order chi connectivity index (χ1) is 8.20. The molecule has 1 aliphatic rings. The lowest BCUT2D eigenvalue weighted by molar-refractivity contribution is 0.104. The number of thiazole rings is 1. The molecule has 0 radical (unpaired) electrons. The van der Waals surface area contributed by atoms with Crippen LogP contribution in [0.4, 0.5) is 0 Å². The topological polar surface area (TPSA) is 30.0 Å². The molecule has 4 heteroatoms. The molecule has 84 valence electrons. The van der Waals surface area contributed by atoms with Crippen LogP contribution in [0.2, 0.25) is 0 Å². The maximum atomic E-state index is 12.1. The number of benzene rings is 1. The number of fused-ring (bicyclic) bond motifs is 1. The number of hydrogen-bond donors (Lipinski definition) is 0. The molecule has 2 aromatic rings. The molecule has 0 saturated carbocycles. The van der Waals surface area contributed by atoms with Crippen LogP contribution in [0.15, 0.2) is 34.3 Å². The van der Waals surface area contributed by atoms with Crippen LogP contribution in [0.1, 0.15) is 26.5 Å². The van der Waals surface area contributed by atoms with E-state index < -0.39 is 0 Å². The van der Waals surface area contributed by atoms with Gasteiger partial charge in [-0.15, -0.1) is 11.3 Å². The van der Waals surface area contributed by atoms with Gasteiger partial charge in [0.1, 0.15) is 0 Å². The van der Waals surface area contributed by atoms with E-state index >= 15 is 0 Å². The van der Waals surface area contributed by atoms with Crippen molar-refractivity contribution < 1.29 is 4.79 Å². The van der Waals surface area contributed by atoms with Gasteiger partial charge in [-0.3, -0.25) is 4.79 Å². The molecule has 0 unspecified atom stereocenters. The minimum atomic E-state index is 0.0444. The second-order valence-corrected chi connectivity index (χ2v) is 5.67. The lowest BCUT2D eigenvalue weighted by Crippen LogP contribution is -1.92. The van der Waals surface area contributed by atoms with E-state index in [-0.39, 0.29) is 5.78 Å². The van der Waals surface area contributed by atoms with E-state index in [1.807, 2.05) is 36.7 Å². The predicted octanol–water partition coefficient (Wildman–Crippen LogP) is 3.80. The Morgan fingerprint density at radius 3 is 2.59 bits per heavy atom. The Bertz CT molecular complexity index is 657. The van der Waals surface area contributed by atoms with Crippen molar-refractivity contribution in [1.29, 1.82) is 0 Å². The van der Waals surface area contributed by atoms with Gasteiger partial charge >= 0.3 is 0 Å². The summed E-state index contributed by atoms with van der Waals surface area (Å²) < 4.78 is 0.618. The SMILES string of the molecule is Cc1scnc1C1=C(Br)C(=O)c2ccccc21. The van der Waals surface area contributed by atoms with E-state index in [1.165, 1.54) is 0 Å². The average Bonchev–Trinajstić information content (AvgIpc) is 2.84. The van der Waals surface area contributed by atoms with Crippen molar-refractivity contribution in [2.45, 2.75) is 6.92 Å². The maximum Gasteiger partial charge on any atom is 0.201 e. The number of aromatic nitrogens is 1. The molecule has 0 N–H and O–H groups in total. The molecule has 0 atom stereocenters. The molecule has 0 fully saturated rings. The molecule has 3 rings (SSSR count). The minimum Gasteiger partial charge on any atom is -0.288 e. The number of aryl methyl sites for hydroxylation is 1. The molecule has 0 amide bonds. The van der Waals surface area contributed by atoms with Crippen LogP contribution >= 0.6 is 27.3 Å². The fourth-order valence-corrected chi connectivity index (χ4v) is 3.22. The summed E-state index contributed by atoms with van der Waals surface area (Å²) in [6.45, 7) is 2.02. The fraction of sp³-hybridized carbons (Fsp3) is 0.0769. The summed E-state index contributed by atoms with van der Waals surface area (Å²) in [5.74, 6) is 0.0444. The van der Waals surface area contributed by atoms with Gasteiger partial charge in [-0.2, -0.15) is 0 Å². The standard InChI is InChI=1S/C13H8BrNOS/c1-7-12(15-6-17-7)10-8-4-2-3-5-9(8)13(16)11(10)14/h2-6H,1H3. The smallest absolute Gasteiger partial charge is 0.201 e. The number of allylic oxidation sites excluding steroid dienone is 1. The van der Waals surface area contributed by atoms with Gasteiger partial charge < -0.3 is 0 Å². The first-order valence-corrected chi connectivity index (χ1v) is 6.81. The summed E-state index contributed by atoms with van der Waals surface area (Å²) in [4.78, 5) is 17.6. The van der Waals surface area contributed by atoms with Crippen molar-refractivity contribution in [2.75, 3.05) is 0 Å². The molecule has 1 aromatic carbocycles. The van der Waals surface area contributed by atoms with Crippen LogP contribution in [0.3, 0.4) is 0 Å². The molecule has 17 heavy (non-hydrogen) atoms. The van der Waals surface area contributed by atoms with Crippen molar-refractivity contribution in [3.63, 3.8) is 0 Å². The maximum absolute atomic E-state index is 12.1. The third-order valence-electron chi connectivity index (χ3n) is 2.84. The van der Waals surface area contributed by atoms with Crippen molar-refractivity contribution in [1.82, 2.24) is 4.98 Å². The largest absolute Gasteiger partial charge is 0.288 e. The zero-order valence-corrected chi connectivity index (χ0v) is 11.4. The molecule has 0 saturated heterocycles. The fourth-order valence-electron chi connectivity index (χ4n) is 2.03.